The molecule has 0 saturated carbocycles. The van der Waals surface area contributed by atoms with Gasteiger partial charge in [-0.3, -0.25) is 14.9 Å². The molecule has 0 aromatic heterocycles. The molecule has 0 spiro atoms. The molecule has 0 saturated heterocycles. The van der Waals surface area contributed by atoms with Crippen LogP contribution < -0.4 is 10.6 Å². The van der Waals surface area contributed by atoms with Crippen molar-refractivity contribution >= 4 is 17.3 Å². The Labute approximate surface area is 106 Å². The third kappa shape index (κ3) is 3.19. The average Bonchev–Trinajstić information content (AvgIpc) is 2.35. The molecule has 0 unspecified atom stereocenters. The molecule has 18 heavy (non-hydrogen) atoms. The van der Waals surface area contributed by atoms with Gasteiger partial charge in [-0.1, -0.05) is 13.0 Å². The van der Waals surface area contributed by atoms with E-state index in [0.717, 1.165) is 6.42 Å². The van der Waals surface area contributed by atoms with Crippen molar-refractivity contribution < 1.29 is 9.72 Å². The molecule has 1 rings (SSSR count). The number of nitro benzene ring substituents is 1. The van der Waals surface area contributed by atoms with E-state index in [1.807, 2.05) is 13.8 Å². The minimum atomic E-state index is -0.529. The summed E-state index contributed by atoms with van der Waals surface area (Å²) in [5, 5.41) is 16.6. The van der Waals surface area contributed by atoms with Crippen molar-refractivity contribution in [1.82, 2.24) is 5.32 Å². The van der Waals surface area contributed by atoms with Crippen LogP contribution in [0.1, 0.15) is 30.6 Å². The van der Waals surface area contributed by atoms with Crippen LogP contribution in [0.3, 0.4) is 0 Å². The second kappa shape index (κ2) is 6.58. The van der Waals surface area contributed by atoms with Crippen LogP contribution in [0.25, 0.3) is 0 Å². The van der Waals surface area contributed by atoms with Gasteiger partial charge in [0.15, 0.2) is 0 Å². The van der Waals surface area contributed by atoms with Crippen molar-refractivity contribution in [2.75, 3.05) is 18.4 Å². The molecule has 1 amide bonds. The van der Waals surface area contributed by atoms with Crippen molar-refractivity contribution in [3.05, 3.63) is 33.9 Å². The number of amides is 1. The summed E-state index contributed by atoms with van der Waals surface area (Å²) in [6, 6.07) is 4.69. The lowest BCUT2D eigenvalue weighted by Gasteiger charge is -2.08. The smallest absolute Gasteiger partial charge is 0.305 e. The Morgan fingerprint density at radius 2 is 2.11 bits per heavy atom. The van der Waals surface area contributed by atoms with Crippen LogP contribution in [0.2, 0.25) is 0 Å². The number of carbonyl (C=O) groups is 1. The van der Waals surface area contributed by atoms with E-state index in [2.05, 4.69) is 10.6 Å². The zero-order chi connectivity index (χ0) is 13.5. The summed E-state index contributed by atoms with van der Waals surface area (Å²) in [6.07, 6.45) is 0.784. The van der Waals surface area contributed by atoms with Crippen LogP contribution in [0.15, 0.2) is 18.2 Å². The number of benzene rings is 1. The highest BCUT2D eigenvalue weighted by Crippen LogP contribution is 2.28. The SMILES string of the molecule is CCCNC(=O)c1cccc(NCC)c1[N+](=O)[O-]. The lowest BCUT2D eigenvalue weighted by atomic mass is 10.1. The summed E-state index contributed by atoms with van der Waals surface area (Å²) in [5.74, 6) is -0.414. The molecular formula is C12H17N3O3. The number of nitro groups is 1. The largest absolute Gasteiger partial charge is 0.380 e. The van der Waals surface area contributed by atoms with Crippen LogP contribution >= 0.6 is 0 Å². The average molecular weight is 251 g/mol. The fourth-order valence-electron chi connectivity index (χ4n) is 1.59. The molecule has 0 radical (unpaired) electrons. The highest BCUT2D eigenvalue weighted by molar-refractivity contribution is 6.00. The van der Waals surface area contributed by atoms with E-state index in [0.29, 0.717) is 18.8 Å². The normalized spacial score (nSPS) is 9.89. The van der Waals surface area contributed by atoms with E-state index < -0.39 is 10.8 Å². The predicted molar refractivity (Wildman–Crippen MR) is 69.9 cm³/mol. The molecule has 2 N–H and O–H groups in total. The maximum atomic E-state index is 11.8. The summed E-state index contributed by atoms with van der Waals surface area (Å²) in [7, 11) is 0. The number of hydrogen-bond acceptors (Lipinski definition) is 4. The highest BCUT2D eigenvalue weighted by atomic mass is 16.6. The molecule has 0 aliphatic heterocycles. The third-order valence-corrected chi connectivity index (χ3v) is 2.37. The van der Waals surface area contributed by atoms with E-state index in [1.54, 1.807) is 12.1 Å². The topological polar surface area (TPSA) is 84.3 Å². The van der Waals surface area contributed by atoms with E-state index in [9.17, 15) is 14.9 Å². The molecule has 0 aliphatic rings. The number of hydrogen-bond donors (Lipinski definition) is 2. The zero-order valence-corrected chi connectivity index (χ0v) is 10.5. The first-order valence-corrected chi connectivity index (χ1v) is 5.91. The first-order valence-electron chi connectivity index (χ1n) is 5.91. The maximum absolute atomic E-state index is 11.8. The molecule has 6 heteroatoms. The minimum Gasteiger partial charge on any atom is -0.380 e. The van der Waals surface area contributed by atoms with Crippen molar-refractivity contribution in [1.29, 1.82) is 0 Å². The van der Waals surface area contributed by atoms with Gasteiger partial charge >= 0.3 is 5.69 Å². The lowest BCUT2D eigenvalue weighted by molar-refractivity contribution is -0.384. The van der Waals surface area contributed by atoms with Gasteiger partial charge < -0.3 is 10.6 Å². The molecule has 0 fully saturated rings. The number of para-hydroxylation sites is 1. The van der Waals surface area contributed by atoms with E-state index >= 15 is 0 Å². The minimum absolute atomic E-state index is 0.0897. The number of nitrogens with one attached hydrogen (secondary N) is 2. The number of nitrogens with zero attached hydrogens (tertiary/aromatic N) is 1. The molecule has 0 heterocycles. The first kappa shape index (κ1) is 14.0. The van der Waals surface area contributed by atoms with E-state index in [-0.39, 0.29) is 11.3 Å². The number of carbonyl (C=O) groups excluding carboxylic acids is 1. The zero-order valence-electron chi connectivity index (χ0n) is 10.5. The second-order valence-electron chi connectivity index (χ2n) is 3.75. The number of anilines is 1. The second-order valence-corrected chi connectivity index (χ2v) is 3.75. The van der Waals surface area contributed by atoms with Gasteiger partial charge in [0.25, 0.3) is 5.91 Å². The van der Waals surface area contributed by atoms with Crippen LogP contribution in [-0.4, -0.2) is 23.9 Å². The molecule has 0 bridgehead atoms. The van der Waals surface area contributed by atoms with Gasteiger partial charge in [-0.15, -0.1) is 0 Å². The Morgan fingerprint density at radius 1 is 1.39 bits per heavy atom. The van der Waals surface area contributed by atoms with Gasteiger partial charge in [-0.2, -0.15) is 0 Å². The van der Waals surface area contributed by atoms with E-state index in [4.69, 9.17) is 0 Å². The molecule has 1 aromatic rings. The first-order chi connectivity index (χ1) is 8.61. The number of rotatable bonds is 6. The molecule has 0 aliphatic carbocycles. The summed E-state index contributed by atoms with van der Waals surface area (Å²) < 4.78 is 0. The summed E-state index contributed by atoms with van der Waals surface area (Å²) in [4.78, 5) is 22.4. The summed E-state index contributed by atoms with van der Waals surface area (Å²) in [5.41, 5.74) is 0.284. The van der Waals surface area contributed by atoms with Crippen LogP contribution in [0.5, 0.6) is 0 Å². The van der Waals surface area contributed by atoms with Crippen molar-refractivity contribution in [2.45, 2.75) is 20.3 Å². The fraction of sp³-hybridized carbons (Fsp3) is 0.417. The highest BCUT2D eigenvalue weighted by Gasteiger charge is 2.23. The summed E-state index contributed by atoms with van der Waals surface area (Å²) in [6.45, 7) is 4.82. The predicted octanol–water partition coefficient (Wildman–Crippen LogP) is 2.17. The van der Waals surface area contributed by atoms with Gasteiger partial charge in [0, 0.05) is 13.1 Å². The van der Waals surface area contributed by atoms with Crippen molar-refractivity contribution in [3.63, 3.8) is 0 Å². The standard InChI is InChI=1S/C12H17N3O3/c1-3-8-14-12(16)9-6-5-7-10(13-4-2)11(9)15(17)18/h5-7,13H,3-4,8H2,1-2H3,(H,14,16). The van der Waals surface area contributed by atoms with Crippen LogP contribution in [-0.2, 0) is 0 Å². The Hall–Kier alpha value is -2.11. The van der Waals surface area contributed by atoms with Crippen molar-refractivity contribution in [2.24, 2.45) is 0 Å². The van der Waals surface area contributed by atoms with Gasteiger partial charge in [0.1, 0.15) is 11.3 Å². The molecule has 98 valence electrons. The van der Waals surface area contributed by atoms with Gasteiger partial charge in [-0.25, -0.2) is 0 Å². The molecular weight excluding hydrogens is 234 g/mol. The fourth-order valence-corrected chi connectivity index (χ4v) is 1.59. The molecule has 1 aromatic carbocycles. The quantitative estimate of drug-likeness (QED) is 0.599. The monoisotopic (exact) mass is 251 g/mol. The Balaban J connectivity index is 3.13. The maximum Gasteiger partial charge on any atom is 0.305 e. The third-order valence-electron chi connectivity index (χ3n) is 2.37. The van der Waals surface area contributed by atoms with Crippen molar-refractivity contribution in [3.8, 4) is 0 Å². The Kier molecular flexibility index (Phi) is 5.10. The Morgan fingerprint density at radius 3 is 2.67 bits per heavy atom. The molecule has 6 nitrogen and oxygen atoms in total. The van der Waals surface area contributed by atoms with Crippen LogP contribution in [0, 0.1) is 10.1 Å². The van der Waals surface area contributed by atoms with Gasteiger partial charge in [-0.05, 0) is 25.5 Å². The summed E-state index contributed by atoms with van der Waals surface area (Å²) >= 11 is 0. The van der Waals surface area contributed by atoms with Gasteiger partial charge in [0.05, 0.1) is 4.92 Å². The van der Waals surface area contributed by atoms with Gasteiger partial charge in [0.2, 0.25) is 0 Å². The van der Waals surface area contributed by atoms with E-state index in [1.165, 1.54) is 6.07 Å². The molecule has 0 atom stereocenters. The Bertz CT molecular complexity index is 446. The van der Waals surface area contributed by atoms with Crippen LogP contribution in [0.4, 0.5) is 11.4 Å². The lowest BCUT2D eigenvalue weighted by Crippen LogP contribution is -2.25.